The van der Waals surface area contributed by atoms with Gasteiger partial charge in [0.1, 0.15) is 6.04 Å². The number of nitrogens with one attached hydrogen (secondary N) is 2. The van der Waals surface area contributed by atoms with Crippen molar-refractivity contribution in [3.63, 3.8) is 0 Å². The summed E-state index contributed by atoms with van der Waals surface area (Å²) in [5, 5.41) is 11.1. The van der Waals surface area contributed by atoms with Crippen molar-refractivity contribution in [1.29, 1.82) is 0 Å². The summed E-state index contributed by atoms with van der Waals surface area (Å²) < 4.78 is 1.80. The van der Waals surface area contributed by atoms with Crippen molar-refractivity contribution < 1.29 is 4.79 Å². The lowest BCUT2D eigenvalue weighted by Crippen LogP contribution is -2.31. The van der Waals surface area contributed by atoms with E-state index in [1.54, 1.807) is 4.68 Å². The standard InChI is InChI=1S/C26H23N5O/c1-17-13-15-20(16-14-17)24-29-26-27-18(2)22(25(32)28-21-11-7-4-8-12-21)23(31(26)30-24)19-9-5-3-6-10-19/h3-16,23H,1-2H3,(H,28,32)(H,27,29,30). The van der Waals surface area contributed by atoms with E-state index in [2.05, 4.69) is 10.6 Å². The fourth-order valence-electron chi connectivity index (χ4n) is 3.93. The van der Waals surface area contributed by atoms with E-state index in [9.17, 15) is 4.79 Å². The molecule has 0 bridgehead atoms. The number of hydrogen-bond donors (Lipinski definition) is 2. The summed E-state index contributed by atoms with van der Waals surface area (Å²) in [5.41, 5.74) is 5.17. The molecule has 0 spiro atoms. The molecule has 1 aromatic heterocycles. The highest BCUT2D eigenvalue weighted by molar-refractivity contribution is 6.06. The zero-order chi connectivity index (χ0) is 22.1. The van der Waals surface area contributed by atoms with E-state index < -0.39 is 6.04 Å². The van der Waals surface area contributed by atoms with Crippen molar-refractivity contribution in [3.05, 3.63) is 107 Å². The fraction of sp³-hybridized carbons (Fsp3) is 0.115. The molecule has 0 radical (unpaired) electrons. The second-order valence-corrected chi connectivity index (χ2v) is 7.87. The quantitative estimate of drug-likeness (QED) is 0.476. The molecule has 2 N–H and O–H groups in total. The van der Waals surface area contributed by atoms with Crippen LogP contribution in [-0.4, -0.2) is 20.7 Å². The van der Waals surface area contributed by atoms with Crippen LogP contribution in [0.4, 0.5) is 11.6 Å². The second-order valence-electron chi connectivity index (χ2n) is 7.87. The summed E-state index contributed by atoms with van der Waals surface area (Å²) in [4.78, 5) is 18.1. The van der Waals surface area contributed by atoms with Crippen LogP contribution in [0.2, 0.25) is 0 Å². The third-order valence-corrected chi connectivity index (χ3v) is 5.55. The van der Waals surface area contributed by atoms with E-state index in [1.165, 1.54) is 5.56 Å². The summed E-state index contributed by atoms with van der Waals surface area (Å²) in [7, 11) is 0. The smallest absolute Gasteiger partial charge is 0.255 e. The van der Waals surface area contributed by atoms with Gasteiger partial charge in [-0.05, 0) is 31.5 Å². The van der Waals surface area contributed by atoms with Crippen LogP contribution in [-0.2, 0) is 4.79 Å². The fourth-order valence-corrected chi connectivity index (χ4v) is 3.93. The van der Waals surface area contributed by atoms with Gasteiger partial charge in [-0.15, -0.1) is 5.10 Å². The Hall–Kier alpha value is -4.19. The molecule has 1 unspecified atom stereocenters. The number of anilines is 2. The minimum Gasteiger partial charge on any atom is -0.328 e. The molecule has 0 fully saturated rings. The molecule has 3 aromatic carbocycles. The Morgan fingerprint density at radius 1 is 0.906 bits per heavy atom. The third kappa shape index (κ3) is 3.67. The molecule has 1 aliphatic heterocycles. The van der Waals surface area contributed by atoms with Gasteiger partial charge in [-0.2, -0.15) is 4.98 Å². The van der Waals surface area contributed by atoms with Gasteiger partial charge in [0, 0.05) is 16.9 Å². The Kier molecular flexibility index (Phi) is 5.03. The molecule has 4 aromatic rings. The molecular formula is C26H23N5O. The minimum atomic E-state index is -0.400. The molecule has 2 heterocycles. The molecule has 32 heavy (non-hydrogen) atoms. The molecule has 5 rings (SSSR count). The van der Waals surface area contributed by atoms with E-state index >= 15 is 0 Å². The summed E-state index contributed by atoms with van der Waals surface area (Å²) in [6, 6.07) is 27.1. The van der Waals surface area contributed by atoms with Crippen LogP contribution in [0.15, 0.2) is 96.2 Å². The van der Waals surface area contributed by atoms with E-state index in [4.69, 9.17) is 10.1 Å². The van der Waals surface area contributed by atoms with Crippen LogP contribution in [0.3, 0.4) is 0 Å². The number of fused-ring (bicyclic) bond motifs is 1. The van der Waals surface area contributed by atoms with E-state index in [-0.39, 0.29) is 5.91 Å². The number of para-hydroxylation sites is 1. The van der Waals surface area contributed by atoms with Crippen molar-refractivity contribution >= 4 is 17.5 Å². The van der Waals surface area contributed by atoms with Crippen molar-refractivity contribution in [3.8, 4) is 11.4 Å². The molecule has 0 aliphatic carbocycles. The number of benzene rings is 3. The highest BCUT2D eigenvalue weighted by Crippen LogP contribution is 2.36. The van der Waals surface area contributed by atoms with Crippen molar-refractivity contribution in [2.75, 3.05) is 10.6 Å². The highest BCUT2D eigenvalue weighted by Gasteiger charge is 2.34. The molecule has 0 saturated carbocycles. The largest absolute Gasteiger partial charge is 0.328 e. The lowest BCUT2D eigenvalue weighted by Gasteiger charge is -2.28. The SMILES string of the molecule is CC1=C(C(=O)Nc2ccccc2)C(c2ccccc2)n2nc(-c3ccc(C)cc3)nc2N1. The first-order valence-electron chi connectivity index (χ1n) is 10.5. The van der Waals surface area contributed by atoms with Gasteiger partial charge in [0.15, 0.2) is 5.82 Å². The number of nitrogens with zero attached hydrogens (tertiary/aromatic N) is 3. The van der Waals surface area contributed by atoms with Crippen LogP contribution in [0.1, 0.15) is 24.1 Å². The zero-order valence-electron chi connectivity index (χ0n) is 17.9. The van der Waals surface area contributed by atoms with Gasteiger partial charge in [0.05, 0.1) is 5.57 Å². The number of carbonyl (C=O) groups excluding carboxylic acids is 1. The average Bonchev–Trinajstić information content (AvgIpc) is 3.23. The first-order chi connectivity index (χ1) is 15.6. The maximum Gasteiger partial charge on any atom is 0.255 e. The first-order valence-corrected chi connectivity index (χ1v) is 10.5. The van der Waals surface area contributed by atoms with Crippen molar-refractivity contribution in [1.82, 2.24) is 14.8 Å². The summed E-state index contributed by atoms with van der Waals surface area (Å²) in [5.74, 6) is 1.06. The van der Waals surface area contributed by atoms with Gasteiger partial charge in [-0.1, -0.05) is 78.4 Å². The summed E-state index contributed by atoms with van der Waals surface area (Å²) >= 11 is 0. The Labute approximate surface area is 186 Å². The topological polar surface area (TPSA) is 71.8 Å². The monoisotopic (exact) mass is 421 g/mol. The zero-order valence-corrected chi connectivity index (χ0v) is 17.9. The second kappa shape index (κ2) is 8.15. The van der Waals surface area contributed by atoms with Gasteiger partial charge >= 0.3 is 0 Å². The maximum absolute atomic E-state index is 13.4. The van der Waals surface area contributed by atoms with Crippen LogP contribution in [0.25, 0.3) is 11.4 Å². The molecule has 0 saturated heterocycles. The lowest BCUT2D eigenvalue weighted by atomic mass is 9.95. The highest BCUT2D eigenvalue weighted by atomic mass is 16.1. The van der Waals surface area contributed by atoms with Crippen LogP contribution in [0.5, 0.6) is 0 Å². The van der Waals surface area contributed by atoms with E-state index in [0.29, 0.717) is 17.3 Å². The predicted octanol–water partition coefficient (Wildman–Crippen LogP) is 5.18. The van der Waals surface area contributed by atoms with Gasteiger partial charge < -0.3 is 10.6 Å². The summed E-state index contributed by atoms with van der Waals surface area (Å²) in [6.07, 6.45) is 0. The van der Waals surface area contributed by atoms with Crippen molar-refractivity contribution in [2.24, 2.45) is 0 Å². The predicted molar refractivity (Wildman–Crippen MR) is 126 cm³/mol. The Bertz CT molecular complexity index is 1290. The lowest BCUT2D eigenvalue weighted by molar-refractivity contribution is -0.113. The molecule has 1 aliphatic rings. The van der Waals surface area contributed by atoms with Gasteiger partial charge in [-0.25, -0.2) is 4.68 Å². The van der Waals surface area contributed by atoms with E-state index in [1.807, 2.05) is 98.8 Å². The number of carbonyl (C=O) groups is 1. The van der Waals surface area contributed by atoms with Crippen LogP contribution < -0.4 is 10.6 Å². The van der Waals surface area contributed by atoms with Gasteiger partial charge in [0.2, 0.25) is 5.95 Å². The number of hydrogen-bond acceptors (Lipinski definition) is 4. The Morgan fingerprint density at radius 2 is 1.56 bits per heavy atom. The number of aryl methyl sites for hydroxylation is 1. The minimum absolute atomic E-state index is 0.173. The Balaban J connectivity index is 1.59. The first kappa shape index (κ1) is 19.8. The molecule has 1 amide bonds. The van der Waals surface area contributed by atoms with Gasteiger partial charge in [-0.3, -0.25) is 4.79 Å². The molecular weight excluding hydrogens is 398 g/mol. The Morgan fingerprint density at radius 3 is 2.25 bits per heavy atom. The number of aromatic nitrogens is 3. The van der Waals surface area contributed by atoms with Crippen LogP contribution >= 0.6 is 0 Å². The molecule has 6 nitrogen and oxygen atoms in total. The molecule has 6 heteroatoms. The summed E-state index contributed by atoms with van der Waals surface area (Å²) in [6.45, 7) is 3.95. The number of amides is 1. The van der Waals surface area contributed by atoms with E-state index in [0.717, 1.165) is 22.5 Å². The molecule has 1 atom stereocenters. The number of rotatable bonds is 4. The molecule has 158 valence electrons. The average molecular weight is 422 g/mol. The maximum atomic E-state index is 13.4. The number of allylic oxidation sites excluding steroid dienone is 1. The normalized spacial score (nSPS) is 15.1. The third-order valence-electron chi connectivity index (χ3n) is 5.55. The van der Waals surface area contributed by atoms with Gasteiger partial charge in [0.25, 0.3) is 5.91 Å². The van der Waals surface area contributed by atoms with Crippen molar-refractivity contribution in [2.45, 2.75) is 19.9 Å². The van der Waals surface area contributed by atoms with Crippen LogP contribution in [0, 0.1) is 6.92 Å².